The summed E-state index contributed by atoms with van der Waals surface area (Å²) in [6, 6.07) is 11.9. The smallest absolute Gasteiger partial charge is 0.344 e. The van der Waals surface area contributed by atoms with Crippen LogP contribution in [0.25, 0.3) is 22.3 Å². The SMILES string of the molecule is CCCOC(=O)COc1c(-c2ccc(OC)c(OC)c2)oc2ccccc2c1=O. The molecular formula is C22H22O7. The number of rotatable bonds is 8. The molecule has 2 aromatic carbocycles. The zero-order valence-electron chi connectivity index (χ0n) is 16.5. The highest BCUT2D eigenvalue weighted by Crippen LogP contribution is 2.36. The number of carbonyl (C=O) groups is 1. The zero-order chi connectivity index (χ0) is 20.8. The van der Waals surface area contributed by atoms with Gasteiger partial charge in [-0.1, -0.05) is 19.1 Å². The first-order valence-electron chi connectivity index (χ1n) is 9.15. The first-order valence-corrected chi connectivity index (χ1v) is 9.15. The van der Waals surface area contributed by atoms with E-state index in [4.69, 9.17) is 23.4 Å². The summed E-state index contributed by atoms with van der Waals surface area (Å²) >= 11 is 0. The molecule has 3 rings (SSSR count). The van der Waals surface area contributed by atoms with Crippen LogP contribution in [0.15, 0.2) is 51.7 Å². The van der Waals surface area contributed by atoms with Crippen molar-refractivity contribution in [3.05, 3.63) is 52.7 Å². The van der Waals surface area contributed by atoms with Gasteiger partial charge in [0.15, 0.2) is 23.9 Å². The summed E-state index contributed by atoms with van der Waals surface area (Å²) in [7, 11) is 3.05. The summed E-state index contributed by atoms with van der Waals surface area (Å²) in [6.45, 7) is 1.78. The largest absolute Gasteiger partial charge is 0.493 e. The molecule has 0 aliphatic carbocycles. The molecule has 7 heteroatoms. The highest BCUT2D eigenvalue weighted by atomic mass is 16.6. The third-order valence-electron chi connectivity index (χ3n) is 4.20. The monoisotopic (exact) mass is 398 g/mol. The second-order valence-corrected chi connectivity index (χ2v) is 6.16. The number of fused-ring (bicyclic) bond motifs is 1. The number of hydrogen-bond acceptors (Lipinski definition) is 7. The number of esters is 1. The number of benzene rings is 2. The van der Waals surface area contributed by atoms with Crippen molar-refractivity contribution >= 4 is 16.9 Å². The molecule has 0 amide bonds. The third-order valence-corrected chi connectivity index (χ3v) is 4.20. The summed E-state index contributed by atoms with van der Waals surface area (Å²) in [5.41, 5.74) is 0.575. The molecule has 0 radical (unpaired) electrons. The number of hydrogen-bond donors (Lipinski definition) is 0. The van der Waals surface area contributed by atoms with Crippen LogP contribution in [0.3, 0.4) is 0 Å². The minimum atomic E-state index is -0.558. The fraction of sp³-hybridized carbons (Fsp3) is 0.273. The van der Waals surface area contributed by atoms with Gasteiger partial charge < -0.3 is 23.4 Å². The first kappa shape index (κ1) is 20.3. The fourth-order valence-corrected chi connectivity index (χ4v) is 2.81. The number of methoxy groups -OCH3 is 2. The highest BCUT2D eigenvalue weighted by Gasteiger charge is 2.20. The second kappa shape index (κ2) is 9.14. The van der Waals surface area contributed by atoms with Gasteiger partial charge in [0, 0.05) is 5.56 Å². The van der Waals surface area contributed by atoms with Crippen LogP contribution >= 0.6 is 0 Å². The molecule has 0 spiro atoms. The van der Waals surface area contributed by atoms with Gasteiger partial charge in [-0.2, -0.15) is 0 Å². The fourth-order valence-electron chi connectivity index (χ4n) is 2.81. The third kappa shape index (κ3) is 4.34. The molecule has 0 N–H and O–H groups in total. The Morgan fingerprint density at radius 1 is 1.03 bits per heavy atom. The maximum atomic E-state index is 13.0. The molecule has 1 aromatic heterocycles. The Hall–Kier alpha value is -3.48. The summed E-state index contributed by atoms with van der Waals surface area (Å²) < 4.78 is 27.2. The molecule has 29 heavy (non-hydrogen) atoms. The van der Waals surface area contributed by atoms with Crippen LogP contribution in [-0.2, 0) is 9.53 Å². The molecule has 0 saturated carbocycles. The van der Waals surface area contributed by atoms with E-state index in [0.29, 0.717) is 34.5 Å². The van der Waals surface area contributed by atoms with Crippen LogP contribution in [-0.4, -0.2) is 33.4 Å². The maximum absolute atomic E-state index is 13.0. The van der Waals surface area contributed by atoms with Crippen molar-refractivity contribution in [3.8, 4) is 28.6 Å². The van der Waals surface area contributed by atoms with E-state index in [1.54, 1.807) is 42.5 Å². The maximum Gasteiger partial charge on any atom is 0.344 e. The molecule has 0 saturated heterocycles. The van der Waals surface area contributed by atoms with Gasteiger partial charge in [0.2, 0.25) is 11.2 Å². The molecule has 0 aliphatic rings. The summed E-state index contributed by atoms with van der Waals surface area (Å²) in [5, 5.41) is 0.355. The number of carbonyl (C=O) groups excluding carboxylic acids is 1. The van der Waals surface area contributed by atoms with Crippen molar-refractivity contribution in [1.82, 2.24) is 0 Å². The lowest BCUT2D eigenvalue weighted by atomic mass is 10.1. The topological polar surface area (TPSA) is 84.2 Å². The quantitative estimate of drug-likeness (QED) is 0.534. The van der Waals surface area contributed by atoms with Gasteiger partial charge in [0.1, 0.15) is 5.58 Å². The van der Waals surface area contributed by atoms with Crippen molar-refractivity contribution in [2.75, 3.05) is 27.4 Å². The highest BCUT2D eigenvalue weighted by molar-refractivity contribution is 5.82. The van der Waals surface area contributed by atoms with Crippen LogP contribution in [0.1, 0.15) is 13.3 Å². The number of para-hydroxylation sites is 1. The Morgan fingerprint density at radius 3 is 2.52 bits per heavy atom. The summed E-state index contributed by atoms with van der Waals surface area (Å²) in [5.74, 6) is 0.569. The Morgan fingerprint density at radius 2 is 1.79 bits per heavy atom. The van der Waals surface area contributed by atoms with Crippen LogP contribution in [0, 0.1) is 0 Å². The molecular weight excluding hydrogens is 376 g/mol. The molecule has 3 aromatic rings. The Bertz CT molecular complexity index is 1070. The van der Waals surface area contributed by atoms with E-state index in [2.05, 4.69) is 0 Å². The van der Waals surface area contributed by atoms with Crippen LogP contribution in [0.4, 0.5) is 0 Å². The number of ether oxygens (including phenoxy) is 4. The molecule has 0 aliphatic heterocycles. The zero-order valence-corrected chi connectivity index (χ0v) is 16.5. The van der Waals surface area contributed by atoms with E-state index in [1.807, 2.05) is 6.92 Å². The van der Waals surface area contributed by atoms with E-state index < -0.39 is 12.6 Å². The van der Waals surface area contributed by atoms with Crippen molar-refractivity contribution in [1.29, 1.82) is 0 Å². The van der Waals surface area contributed by atoms with Crippen LogP contribution in [0.5, 0.6) is 17.2 Å². The summed E-state index contributed by atoms with van der Waals surface area (Å²) in [6.07, 6.45) is 0.695. The van der Waals surface area contributed by atoms with Gasteiger partial charge in [-0.3, -0.25) is 4.79 Å². The molecule has 1 heterocycles. The average Bonchev–Trinajstić information content (AvgIpc) is 2.76. The first-order chi connectivity index (χ1) is 14.1. The predicted octanol–water partition coefficient (Wildman–Crippen LogP) is 3.81. The van der Waals surface area contributed by atoms with Gasteiger partial charge in [0.25, 0.3) is 0 Å². The molecule has 152 valence electrons. The Labute approximate surface area is 167 Å². The van der Waals surface area contributed by atoms with Gasteiger partial charge in [-0.15, -0.1) is 0 Å². The average molecular weight is 398 g/mol. The summed E-state index contributed by atoms with van der Waals surface area (Å²) in [4.78, 5) is 24.9. The lowest BCUT2D eigenvalue weighted by molar-refractivity contribution is -0.146. The Kier molecular flexibility index (Phi) is 6.39. The lowest BCUT2D eigenvalue weighted by Crippen LogP contribution is -2.19. The van der Waals surface area contributed by atoms with Crippen LogP contribution in [0.2, 0.25) is 0 Å². The predicted molar refractivity (Wildman–Crippen MR) is 108 cm³/mol. The van der Waals surface area contributed by atoms with Gasteiger partial charge in [0.05, 0.1) is 26.2 Å². The van der Waals surface area contributed by atoms with Crippen molar-refractivity contribution in [3.63, 3.8) is 0 Å². The standard InChI is InChI=1S/C22H22O7/c1-4-11-27-19(23)13-28-22-20(24)15-7-5-6-8-16(15)29-21(22)14-9-10-17(25-2)18(12-14)26-3/h5-10,12H,4,11,13H2,1-3H3. The van der Waals surface area contributed by atoms with E-state index in [0.717, 1.165) is 0 Å². The van der Waals surface area contributed by atoms with Crippen molar-refractivity contribution in [2.45, 2.75) is 13.3 Å². The van der Waals surface area contributed by atoms with Crippen LogP contribution < -0.4 is 19.6 Å². The molecule has 0 fully saturated rings. The van der Waals surface area contributed by atoms with Crippen molar-refractivity contribution in [2.24, 2.45) is 0 Å². The van der Waals surface area contributed by atoms with E-state index >= 15 is 0 Å². The van der Waals surface area contributed by atoms with Gasteiger partial charge in [-0.25, -0.2) is 4.79 Å². The molecule has 0 bridgehead atoms. The van der Waals surface area contributed by atoms with E-state index in [-0.39, 0.29) is 23.5 Å². The molecule has 0 atom stereocenters. The van der Waals surface area contributed by atoms with Gasteiger partial charge >= 0.3 is 5.97 Å². The minimum absolute atomic E-state index is 0.0654. The normalized spacial score (nSPS) is 10.6. The van der Waals surface area contributed by atoms with Gasteiger partial charge in [-0.05, 0) is 36.8 Å². The molecule has 0 unspecified atom stereocenters. The van der Waals surface area contributed by atoms with E-state index in [1.165, 1.54) is 14.2 Å². The van der Waals surface area contributed by atoms with Crippen molar-refractivity contribution < 1.29 is 28.2 Å². The Balaban J connectivity index is 2.09. The molecule has 7 nitrogen and oxygen atoms in total. The lowest BCUT2D eigenvalue weighted by Gasteiger charge is -2.13. The van der Waals surface area contributed by atoms with E-state index in [9.17, 15) is 9.59 Å². The second-order valence-electron chi connectivity index (χ2n) is 6.16. The minimum Gasteiger partial charge on any atom is -0.493 e.